The highest BCUT2D eigenvalue weighted by Crippen LogP contribution is 2.28. The van der Waals surface area contributed by atoms with Crippen LogP contribution in [0.1, 0.15) is 0 Å². The number of benzene rings is 1. The summed E-state index contributed by atoms with van der Waals surface area (Å²) < 4.78 is 2.11. The molecule has 3 aromatic rings. The molecule has 136 valence electrons. The fraction of sp³-hybridized carbons (Fsp3) is 0.188. The van der Waals surface area contributed by atoms with Gasteiger partial charge in [0.25, 0.3) is 11.1 Å². The van der Waals surface area contributed by atoms with Crippen LogP contribution in [-0.2, 0) is 6.54 Å². The van der Waals surface area contributed by atoms with Gasteiger partial charge in [-0.3, -0.25) is 14.2 Å². The number of hydrogen-bond acceptors (Lipinski definition) is 6. The van der Waals surface area contributed by atoms with Crippen LogP contribution in [0.15, 0.2) is 40.2 Å². The molecule has 10 heteroatoms. The van der Waals surface area contributed by atoms with Gasteiger partial charge in [-0.1, -0.05) is 11.6 Å². The molecule has 0 fully saturated rings. The molecule has 1 aromatic carbocycles. The lowest BCUT2D eigenvalue weighted by molar-refractivity contribution is 0.0802. The van der Waals surface area contributed by atoms with Crippen molar-refractivity contribution in [2.75, 3.05) is 11.9 Å². The standard InChI is InChI=1S/C16H14ClIN4O4/c17-10-3-8(18)1-2-11(10)20-12-4-13(25)21-15-14(12)16(26)22(7-19-15)5-9(24)6-23/h1-4,7,9,23-24H,5-6H2,(H2,20,21,25)/t9-/m0/s1. The second-order valence-electron chi connectivity index (χ2n) is 5.56. The van der Waals surface area contributed by atoms with Gasteiger partial charge in [0, 0.05) is 9.64 Å². The average Bonchev–Trinajstić information content (AvgIpc) is 2.59. The molecule has 0 spiro atoms. The normalized spacial score (nSPS) is 12.3. The minimum absolute atomic E-state index is 0.112. The summed E-state index contributed by atoms with van der Waals surface area (Å²) in [6, 6.07) is 6.56. The largest absolute Gasteiger partial charge is 0.394 e. The van der Waals surface area contributed by atoms with E-state index in [1.165, 1.54) is 17.0 Å². The van der Waals surface area contributed by atoms with Crippen molar-refractivity contribution in [3.8, 4) is 0 Å². The summed E-state index contributed by atoms with van der Waals surface area (Å²) in [6.45, 7) is -0.611. The van der Waals surface area contributed by atoms with Crippen LogP contribution in [0, 0.1) is 3.57 Å². The maximum absolute atomic E-state index is 12.8. The average molecular weight is 489 g/mol. The van der Waals surface area contributed by atoms with Crippen LogP contribution in [0.2, 0.25) is 5.02 Å². The van der Waals surface area contributed by atoms with E-state index in [-0.39, 0.29) is 23.3 Å². The van der Waals surface area contributed by atoms with E-state index >= 15 is 0 Å². The Hall–Kier alpha value is -1.95. The van der Waals surface area contributed by atoms with Crippen molar-refractivity contribution >= 4 is 56.6 Å². The number of aromatic amines is 1. The lowest BCUT2D eigenvalue weighted by atomic mass is 10.2. The Labute approximate surface area is 165 Å². The molecular formula is C16H14ClIN4O4. The third kappa shape index (κ3) is 3.90. The van der Waals surface area contributed by atoms with Gasteiger partial charge < -0.3 is 20.5 Å². The van der Waals surface area contributed by atoms with E-state index in [1.54, 1.807) is 12.1 Å². The first-order chi connectivity index (χ1) is 12.4. The number of hydrogen-bond donors (Lipinski definition) is 4. The molecule has 26 heavy (non-hydrogen) atoms. The summed E-state index contributed by atoms with van der Waals surface area (Å²) in [7, 11) is 0. The van der Waals surface area contributed by atoms with Gasteiger partial charge >= 0.3 is 0 Å². The molecule has 3 rings (SSSR count). The maximum atomic E-state index is 12.8. The molecule has 0 amide bonds. The first-order valence-corrected chi connectivity index (χ1v) is 8.98. The molecule has 2 heterocycles. The summed E-state index contributed by atoms with van der Waals surface area (Å²) in [5.41, 5.74) is -0.00712. The van der Waals surface area contributed by atoms with Gasteiger partial charge in [0.15, 0.2) is 0 Å². The Bertz CT molecular complexity index is 1080. The Morgan fingerprint density at radius 3 is 2.77 bits per heavy atom. The highest BCUT2D eigenvalue weighted by atomic mass is 127. The Balaban J connectivity index is 2.15. The molecule has 0 aliphatic carbocycles. The van der Waals surface area contributed by atoms with Crippen LogP contribution in [0.25, 0.3) is 11.0 Å². The van der Waals surface area contributed by atoms with Crippen LogP contribution in [0.4, 0.5) is 11.4 Å². The van der Waals surface area contributed by atoms with Crippen molar-refractivity contribution in [1.82, 2.24) is 14.5 Å². The van der Waals surface area contributed by atoms with E-state index in [0.717, 1.165) is 3.57 Å². The quantitative estimate of drug-likeness (QED) is 0.404. The van der Waals surface area contributed by atoms with Crippen LogP contribution < -0.4 is 16.4 Å². The molecular weight excluding hydrogens is 475 g/mol. The summed E-state index contributed by atoms with van der Waals surface area (Å²) >= 11 is 8.34. The molecule has 0 saturated carbocycles. The summed E-state index contributed by atoms with van der Waals surface area (Å²) in [5.74, 6) is 0. The van der Waals surface area contributed by atoms with Crippen molar-refractivity contribution in [1.29, 1.82) is 0 Å². The van der Waals surface area contributed by atoms with Crippen LogP contribution in [0.5, 0.6) is 0 Å². The minimum Gasteiger partial charge on any atom is -0.394 e. The zero-order valence-electron chi connectivity index (χ0n) is 13.2. The van der Waals surface area contributed by atoms with E-state index in [0.29, 0.717) is 10.7 Å². The molecule has 0 saturated heterocycles. The maximum Gasteiger partial charge on any atom is 0.264 e. The third-order valence-electron chi connectivity index (χ3n) is 3.64. The van der Waals surface area contributed by atoms with Gasteiger partial charge in [0.1, 0.15) is 11.0 Å². The Kier molecular flexibility index (Phi) is 5.61. The lowest BCUT2D eigenvalue weighted by Gasteiger charge is -2.13. The van der Waals surface area contributed by atoms with Gasteiger partial charge in [0.05, 0.1) is 42.0 Å². The lowest BCUT2D eigenvalue weighted by Crippen LogP contribution is -2.29. The Morgan fingerprint density at radius 1 is 1.31 bits per heavy atom. The zero-order valence-corrected chi connectivity index (χ0v) is 16.2. The molecule has 0 bridgehead atoms. The SMILES string of the molecule is O=c1cc(Nc2ccc(I)cc2Cl)c2c(=O)n(C[C@H](O)CO)cnc2[nH]1. The number of halogens is 2. The van der Waals surface area contributed by atoms with Crippen LogP contribution in [-0.4, -0.2) is 37.5 Å². The monoisotopic (exact) mass is 488 g/mol. The Morgan fingerprint density at radius 2 is 2.08 bits per heavy atom. The van der Waals surface area contributed by atoms with E-state index in [2.05, 4.69) is 37.9 Å². The number of anilines is 2. The zero-order chi connectivity index (χ0) is 18.8. The minimum atomic E-state index is -1.10. The fourth-order valence-electron chi connectivity index (χ4n) is 2.43. The molecule has 0 aliphatic heterocycles. The topological polar surface area (TPSA) is 120 Å². The first-order valence-electron chi connectivity index (χ1n) is 7.52. The fourth-order valence-corrected chi connectivity index (χ4v) is 3.34. The molecule has 8 nitrogen and oxygen atoms in total. The molecule has 1 atom stereocenters. The van der Waals surface area contributed by atoms with Gasteiger partial charge in [-0.25, -0.2) is 4.98 Å². The van der Waals surface area contributed by atoms with E-state index < -0.39 is 23.8 Å². The predicted molar refractivity (Wildman–Crippen MR) is 107 cm³/mol. The number of fused-ring (bicyclic) bond motifs is 1. The van der Waals surface area contributed by atoms with E-state index in [9.17, 15) is 14.7 Å². The molecule has 0 radical (unpaired) electrons. The number of aliphatic hydroxyl groups is 2. The van der Waals surface area contributed by atoms with Gasteiger partial charge in [-0.15, -0.1) is 0 Å². The van der Waals surface area contributed by atoms with E-state index in [4.69, 9.17) is 16.7 Å². The highest BCUT2D eigenvalue weighted by molar-refractivity contribution is 14.1. The van der Waals surface area contributed by atoms with Crippen molar-refractivity contribution in [2.24, 2.45) is 0 Å². The second-order valence-corrected chi connectivity index (χ2v) is 7.21. The summed E-state index contributed by atoms with van der Waals surface area (Å²) in [5, 5.41) is 22.1. The van der Waals surface area contributed by atoms with E-state index in [1.807, 2.05) is 6.07 Å². The number of rotatable bonds is 5. The van der Waals surface area contributed by atoms with Crippen molar-refractivity contribution < 1.29 is 10.2 Å². The predicted octanol–water partition coefficient (Wildman–Crippen LogP) is 1.44. The van der Waals surface area contributed by atoms with Crippen LogP contribution in [0.3, 0.4) is 0 Å². The number of nitrogens with one attached hydrogen (secondary N) is 2. The second kappa shape index (κ2) is 7.74. The number of nitrogens with zero attached hydrogens (tertiary/aromatic N) is 2. The first kappa shape index (κ1) is 18.8. The molecule has 0 unspecified atom stereocenters. The van der Waals surface area contributed by atoms with Gasteiger partial charge in [0.2, 0.25) is 0 Å². The summed E-state index contributed by atoms with van der Waals surface area (Å²) in [6.07, 6.45) is 0.109. The van der Waals surface area contributed by atoms with Crippen LogP contribution >= 0.6 is 34.2 Å². The molecule has 2 aromatic heterocycles. The highest BCUT2D eigenvalue weighted by Gasteiger charge is 2.14. The van der Waals surface area contributed by atoms with Crippen molar-refractivity contribution in [3.63, 3.8) is 0 Å². The summed E-state index contributed by atoms with van der Waals surface area (Å²) in [4.78, 5) is 31.3. The van der Waals surface area contributed by atoms with Gasteiger partial charge in [-0.2, -0.15) is 0 Å². The van der Waals surface area contributed by atoms with Gasteiger partial charge in [-0.05, 0) is 40.8 Å². The third-order valence-corrected chi connectivity index (χ3v) is 4.63. The van der Waals surface area contributed by atoms with Crippen molar-refractivity contribution in [2.45, 2.75) is 12.6 Å². The molecule has 4 N–H and O–H groups in total. The smallest absolute Gasteiger partial charge is 0.264 e. The van der Waals surface area contributed by atoms with Crippen molar-refractivity contribution in [3.05, 3.63) is 59.9 Å². The number of H-pyrrole nitrogens is 1. The molecule has 0 aliphatic rings. The number of pyridine rings is 1. The number of aromatic nitrogens is 3. The number of aliphatic hydroxyl groups excluding tert-OH is 2.